The van der Waals surface area contributed by atoms with Gasteiger partial charge in [0, 0.05) is 16.8 Å². The summed E-state index contributed by atoms with van der Waals surface area (Å²) in [6, 6.07) is 3.38. The second-order valence-corrected chi connectivity index (χ2v) is 7.61. The molecule has 0 aliphatic rings. The zero-order chi connectivity index (χ0) is 17.5. The Labute approximate surface area is 149 Å². The van der Waals surface area contributed by atoms with Gasteiger partial charge in [-0.05, 0) is 24.5 Å². The molecule has 2 aromatic heterocycles. The van der Waals surface area contributed by atoms with Gasteiger partial charge in [-0.1, -0.05) is 13.8 Å². The average Bonchev–Trinajstić information content (AvgIpc) is 3.13. The van der Waals surface area contributed by atoms with E-state index in [0.29, 0.717) is 23.6 Å². The summed E-state index contributed by atoms with van der Waals surface area (Å²) in [6.07, 6.45) is 1.04. The minimum Gasteiger partial charge on any atom is -0.370 e. The first kappa shape index (κ1) is 18.2. The summed E-state index contributed by atoms with van der Waals surface area (Å²) in [7, 11) is 0. The number of hydrogen-bond acceptors (Lipinski definition) is 5. The zero-order valence-corrected chi connectivity index (χ0v) is 15.3. The number of hydrogen-bond donors (Lipinski definition) is 4. The Kier molecular flexibility index (Phi) is 6.56. The number of aliphatic imine (C=N–C) groups is 1. The first-order valence-electron chi connectivity index (χ1n) is 7.60. The predicted octanol–water partition coefficient (Wildman–Crippen LogP) is 2.62. The number of nitrogens with zero attached hydrogens (tertiary/aromatic N) is 2. The number of urea groups is 1. The van der Waals surface area contributed by atoms with Gasteiger partial charge in [0.15, 0.2) is 5.96 Å². The van der Waals surface area contributed by atoms with Crippen molar-refractivity contribution in [1.82, 2.24) is 15.6 Å². The van der Waals surface area contributed by atoms with Gasteiger partial charge in [-0.15, -0.1) is 22.7 Å². The van der Waals surface area contributed by atoms with Gasteiger partial charge >= 0.3 is 6.03 Å². The minimum atomic E-state index is -0.532. The molecule has 2 heterocycles. The Balaban J connectivity index is 1.96. The van der Waals surface area contributed by atoms with Gasteiger partial charge in [0.25, 0.3) is 0 Å². The highest BCUT2D eigenvalue weighted by atomic mass is 32.1. The second kappa shape index (κ2) is 8.65. The maximum atomic E-state index is 10.7. The van der Waals surface area contributed by atoms with E-state index in [1.165, 1.54) is 11.3 Å². The molecule has 0 aliphatic heterocycles. The highest BCUT2D eigenvalue weighted by Crippen LogP contribution is 2.31. The van der Waals surface area contributed by atoms with Crippen LogP contribution in [0.25, 0.3) is 10.6 Å². The molecule has 0 bridgehead atoms. The van der Waals surface area contributed by atoms with Crippen LogP contribution < -0.4 is 22.1 Å². The summed E-state index contributed by atoms with van der Waals surface area (Å²) < 4.78 is 0. The Morgan fingerprint density at radius 1 is 1.33 bits per heavy atom. The molecule has 0 saturated carbocycles. The molecule has 0 spiro atoms. The van der Waals surface area contributed by atoms with Crippen molar-refractivity contribution in [3.63, 3.8) is 0 Å². The van der Waals surface area contributed by atoms with Gasteiger partial charge in [-0.25, -0.2) is 9.78 Å². The molecular formula is C15H22N6OS2. The molecule has 9 heteroatoms. The number of amides is 2. The SMILES string of the molecule is CC(C)CCN/C(N)=N/c1nc(-c2ccc(CNC(N)=O)s2)cs1. The molecule has 0 aliphatic carbocycles. The molecule has 0 atom stereocenters. The Bertz CT molecular complexity index is 706. The monoisotopic (exact) mass is 366 g/mol. The van der Waals surface area contributed by atoms with Crippen molar-refractivity contribution in [2.45, 2.75) is 26.8 Å². The maximum Gasteiger partial charge on any atom is 0.312 e. The summed E-state index contributed by atoms with van der Waals surface area (Å²) in [4.78, 5) is 21.5. The van der Waals surface area contributed by atoms with E-state index in [4.69, 9.17) is 11.5 Å². The fourth-order valence-corrected chi connectivity index (χ4v) is 3.53. The van der Waals surface area contributed by atoms with Gasteiger partial charge in [0.2, 0.25) is 5.13 Å². The van der Waals surface area contributed by atoms with E-state index >= 15 is 0 Å². The molecule has 24 heavy (non-hydrogen) atoms. The van der Waals surface area contributed by atoms with E-state index in [9.17, 15) is 4.79 Å². The molecule has 2 aromatic rings. The van der Waals surface area contributed by atoms with Gasteiger partial charge in [0.05, 0.1) is 17.1 Å². The number of nitrogens with two attached hydrogens (primary N) is 2. The van der Waals surface area contributed by atoms with E-state index in [1.807, 2.05) is 17.5 Å². The molecule has 0 radical (unpaired) electrons. The van der Waals surface area contributed by atoms with Crippen LogP contribution in [0.5, 0.6) is 0 Å². The smallest absolute Gasteiger partial charge is 0.312 e. The van der Waals surface area contributed by atoms with E-state index < -0.39 is 6.03 Å². The van der Waals surface area contributed by atoms with Crippen molar-refractivity contribution >= 4 is 39.8 Å². The maximum absolute atomic E-state index is 10.7. The van der Waals surface area contributed by atoms with E-state index in [0.717, 1.165) is 28.4 Å². The number of rotatable bonds is 7. The highest BCUT2D eigenvalue weighted by molar-refractivity contribution is 7.16. The zero-order valence-electron chi connectivity index (χ0n) is 13.7. The molecule has 0 fully saturated rings. The first-order valence-corrected chi connectivity index (χ1v) is 9.29. The third kappa shape index (κ3) is 5.82. The molecule has 6 N–H and O–H groups in total. The molecule has 0 saturated heterocycles. The van der Waals surface area contributed by atoms with Crippen LogP contribution in [0.15, 0.2) is 22.5 Å². The molecule has 0 aromatic carbocycles. The molecule has 2 amide bonds. The van der Waals surface area contributed by atoms with Crippen molar-refractivity contribution in [3.05, 3.63) is 22.4 Å². The summed E-state index contributed by atoms with van der Waals surface area (Å²) in [5.41, 5.74) is 11.8. The topological polar surface area (TPSA) is 118 Å². The van der Waals surface area contributed by atoms with Crippen molar-refractivity contribution in [2.24, 2.45) is 22.4 Å². The Hall–Kier alpha value is -2.13. The summed E-state index contributed by atoms with van der Waals surface area (Å²) in [6.45, 7) is 5.54. The number of thiazole rings is 1. The minimum absolute atomic E-state index is 0.383. The van der Waals surface area contributed by atoms with Crippen molar-refractivity contribution < 1.29 is 4.79 Å². The largest absolute Gasteiger partial charge is 0.370 e. The number of thiophene rings is 1. The number of carbonyl (C=O) groups is 1. The molecular weight excluding hydrogens is 344 g/mol. The van der Waals surface area contributed by atoms with Crippen LogP contribution in [-0.4, -0.2) is 23.5 Å². The van der Waals surface area contributed by atoms with Gasteiger partial charge in [0.1, 0.15) is 0 Å². The standard InChI is InChI=1S/C15H22N6OS2/c1-9(2)5-6-18-13(16)21-15-20-11(8-23-15)12-4-3-10(24-12)7-19-14(17)22/h3-4,8-9H,5-7H2,1-2H3,(H3,17,19,22)(H3,16,18,20,21). The third-order valence-electron chi connectivity index (χ3n) is 3.09. The van der Waals surface area contributed by atoms with Crippen LogP contribution in [0.1, 0.15) is 25.1 Å². The lowest BCUT2D eigenvalue weighted by molar-refractivity contribution is 0.248. The normalized spacial score (nSPS) is 11.7. The molecule has 7 nitrogen and oxygen atoms in total. The first-order chi connectivity index (χ1) is 11.4. The Morgan fingerprint density at radius 2 is 2.12 bits per heavy atom. The third-order valence-corrected chi connectivity index (χ3v) is 4.93. The lowest BCUT2D eigenvalue weighted by Gasteiger charge is -2.06. The Morgan fingerprint density at radius 3 is 2.83 bits per heavy atom. The van der Waals surface area contributed by atoms with Gasteiger partial charge in [-0.2, -0.15) is 4.99 Å². The number of aromatic nitrogens is 1. The summed E-state index contributed by atoms with van der Waals surface area (Å²) in [5, 5.41) is 8.22. The quantitative estimate of drug-likeness (QED) is 0.445. The van der Waals surface area contributed by atoms with Crippen LogP contribution in [0.2, 0.25) is 0 Å². The van der Waals surface area contributed by atoms with Crippen LogP contribution in [0.4, 0.5) is 9.93 Å². The van der Waals surface area contributed by atoms with E-state index in [-0.39, 0.29) is 0 Å². The number of nitrogens with one attached hydrogen (secondary N) is 2. The highest BCUT2D eigenvalue weighted by Gasteiger charge is 2.08. The number of guanidine groups is 1. The average molecular weight is 367 g/mol. The molecule has 0 unspecified atom stereocenters. The fraction of sp³-hybridized carbons (Fsp3) is 0.400. The van der Waals surface area contributed by atoms with Crippen molar-refractivity contribution in [1.29, 1.82) is 0 Å². The second-order valence-electron chi connectivity index (χ2n) is 5.61. The number of primary amides is 1. The lowest BCUT2D eigenvalue weighted by atomic mass is 10.1. The summed E-state index contributed by atoms with van der Waals surface area (Å²) in [5.74, 6) is 1.00. The van der Waals surface area contributed by atoms with E-state index in [1.54, 1.807) is 11.3 Å². The lowest BCUT2D eigenvalue weighted by Crippen LogP contribution is -2.32. The van der Waals surface area contributed by atoms with Gasteiger partial charge < -0.3 is 22.1 Å². The predicted molar refractivity (Wildman–Crippen MR) is 101 cm³/mol. The van der Waals surface area contributed by atoms with Crippen LogP contribution in [0.3, 0.4) is 0 Å². The fourth-order valence-electron chi connectivity index (χ4n) is 1.85. The number of carbonyl (C=O) groups excluding carboxylic acids is 1. The van der Waals surface area contributed by atoms with Crippen LogP contribution in [-0.2, 0) is 6.54 Å². The van der Waals surface area contributed by atoms with E-state index in [2.05, 4.69) is 34.5 Å². The molecule has 130 valence electrons. The van der Waals surface area contributed by atoms with Crippen LogP contribution >= 0.6 is 22.7 Å². The molecule has 2 rings (SSSR count). The van der Waals surface area contributed by atoms with Crippen molar-refractivity contribution in [2.75, 3.05) is 6.54 Å². The van der Waals surface area contributed by atoms with Gasteiger partial charge in [-0.3, -0.25) is 0 Å². The van der Waals surface area contributed by atoms with Crippen molar-refractivity contribution in [3.8, 4) is 10.6 Å². The summed E-state index contributed by atoms with van der Waals surface area (Å²) >= 11 is 2.99. The van der Waals surface area contributed by atoms with Crippen LogP contribution in [0, 0.1) is 5.92 Å².